The molecule has 3 unspecified atom stereocenters. The van der Waals surface area contributed by atoms with Gasteiger partial charge in [0.25, 0.3) is 0 Å². The number of unbranched alkanes of at least 4 members (excludes halogenated alkanes) is 1. The first-order chi connectivity index (χ1) is 16.8. The lowest BCUT2D eigenvalue weighted by Gasteiger charge is -2.34. The summed E-state index contributed by atoms with van der Waals surface area (Å²) in [6.45, 7) is 12.7. The Balaban J connectivity index is 0.00000100. The number of aryl methyl sites for hydroxylation is 1. The lowest BCUT2D eigenvalue weighted by molar-refractivity contribution is -0.102. The van der Waals surface area contributed by atoms with Crippen LogP contribution in [0.1, 0.15) is 88.7 Å². The minimum absolute atomic E-state index is 0.00860. The van der Waals surface area contributed by atoms with Gasteiger partial charge in [-0.05, 0) is 62.9 Å². The first-order valence-corrected chi connectivity index (χ1v) is 13.7. The molecule has 1 heterocycles. The van der Waals surface area contributed by atoms with Crippen LogP contribution in [0.5, 0.6) is 5.75 Å². The van der Waals surface area contributed by atoms with E-state index in [9.17, 15) is 5.11 Å². The van der Waals surface area contributed by atoms with E-state index < -0.39 is 0 Å². The average molecular weight is 595 g/mol. The molecule has 0 spiro atoms. The lowest BCUT2D eigenvalue weighted by Crippen LogP contribution is -2.34. The molecule has 0 radical (unpaired) electrons. The molecule has 2 aromatic rings. The third-order valence-electron chi connectivity index (χ3n) is 6.05. The van der Waals surface area contributed by atoms with Crippen molar-refractivity contribution in [1.29, 1.82) is 0 Å². The first kappa shape index (κ1) is 29.8. The van der Waals surface area contributed by atoms with E-state index in [1.165, 1.54) is 35.1 Å². The third kappa shape index (κ3) is 9.87. The number of rotatable bonds is 9. The van der Waals surface area contributed by atoms with Crippen molar-refractivity contribution in [3.63, 3.8) is 0 Å². The van der Waals surface area contributed by atoms with Crippen LogP contribution in [0, 0.1) is 6.92 Å². The van der Waals surface area contributed by atoms with Crippen molar-refractivity contribution in [2.24, 2.45) is 0 Å². The normalized spacial score (nSPS) is 20.4. The molecule has 1 N–H and O–H groups in total. The average Bonchev–Trinajstić information content (AvgIpc) is 2.85. The van der Waals surface area contributed by atoms with Gasteiger partial charge >= 0.3 is 0 Å². The van der Waals surface area contributed by atoms with Crippen LogP contribution >= 0.6 is 23.0 Å². The largest absolute Gasteiger partial charge is 0.491 e. The summed E-state index contributed by atoms with van der Waals surface area (Å²) in [6, 6.07) is 14.8. The van der Waals surface area contributed by atoms with Crippen molar-refractivity contribution in [3.05, 3.63) is 70.3 Å². The molecule has 5 heteroatoms. The van der Waals surface area contributed by atoms with Gasteiger partial charge in [-0.1, -0.05) is 68.7 Å². The molecule has 3 rings (SSSR count). The van der Waals surface area contributed by atoms with Gasteiger partial charge in [-0.15, -0.1) is 0 Å². The molecular weight excluding hydrogens is 551 g/mol. The Hall–Kier alpha value is -1.41. The topological polar surface area (TPSA) is 47.9 Å². The number of hydrogen-bond acceptors (Lipinski definition) is 4. The highest BCUT2D eigenvalue weighted by Gasteiger charge is 2.32. The zero-order chi connectivity index (χ0) is 25.8. The van der Waals surface area contributed by atoms with Crippen molar-refractivity contribution >= 4 is 29.1 Å². The maximum atomic E-state index is 9.70. The van der Waals surface area contributed by atoms with Crippen molar-refractivity contribution in [2.45, 2.75) is 98.1 Å². The van der Waals surface area contributed by atoms with Crippen LogP contribution in [0.25, 0.3) is 6.08 Å². The number of ether oxygens (including phenoxy) is 2. The Bertz CT molecular complexity index is 910. The molecule has 2 aromatic carbocycles. The maximum Gasteiger partial charge on any atom is 0.125 e. The number of hydrogen-bond donors (Lipinski definition) is 1. The summed E-state index contributed by atoms with van der Waals surface area (Å²) in [5.74, 6) is 0.843. The Labute approximate surface area is 226 Å². The van der Waals surface area contributed by atoms with Crippen molar-refractivity contribution in [2.75, 3.05) is 6.61 Å². The molecule has 1 aliphatic heterocycles. The molecule has 1 fully saturated rings. The van der Waals surface area contributed by atoms with Gasteiger partial charge in [-0.3, -0.25) is 0 Å². The van der Waals surface area contributed by atoms with Crippen molar-refractivity contribution < 1.29 is 17.6 Å². The number of halogens is 1. The monoisotopic (exact) mass is 594 g/mol. The zero-order valence-corrected chi connectivity index (χ0v) is 24.4. The predicted octanol–water partition coefficient (Wildman–Crippen LogP) is 8.18. The second-order valence-electron chi connectivity index (χ2n) is 9.67. The van der Waals surface area contributed by atoms with Gasteiger partial charge in [0.05, 0.1) is 31.0 Å². The van der Waals surface area contributed by atoms with E-state index in [0.29, 0.717) is 6.42 Å². The Morgan fingerprint density at radius 2 is 1.86 bits per heavy atom. The highest BCUT2D eigenvalue weighted by molar-refractivity contribution is 14.1. The Morgan fingerprint density at radius 1 is 1.14 bits per heavy atom. The summed E-state index contributed by atoms with van der Waals surface area (Å²) in [4.78, 5) is 0. The summed E-state index contributed by atoms with van der Waals surface area (Å²) in [5, 5.41) is 9.70. The summed E-state index contributed by atoms with van der Waals surface area (Å²) >= 11 is 1.95. The molecule has 35 heavy (non-hydrogen) atoms. The number of aliphatic hydroxyl groups is 1. The molecule has 3 atom stereocenters. The van der Waals surface area contributed by atoms with E-state index in [1.54, 1.807) is 0 Å². The smallest absolute Gasteiger partial charge is 0.125 e. The fraction of sp³-hybridized carbons (Fsp3) is 0.533. The summed E-state index contributed by atoms with van der Waals surface area (Å²) in [7, 11) is 0. The minimum Gasteiger partial charge on any atom is -0.491 e. The second-order valence-corrected chi connectivity index (χ2v) is 10.2. The van der Waals surface area contributed by atoms with Crippen LogP contribution in [0.3, 0.4) is 0 Å². The van der Waals surface area contributed by atoms with Crippen LogP contribution in [0.4, 0.5) is 0 Å². The number of aliphatic hydroxyl groups excluding tert-OH is 1. The van der Waals surface area contributed by atoms with Crippen LogP contribution < -0.4 is 4.74 Å². The number of allylic oxidation sites excluding steroid dienone is 1. The molecule has 4 nitrogen and oxygen atoms in total. The highest BCUT2D eigenvalue weighted by Crippen LogP contribution is 2.39. The summed E-state index contributed by atoms with van der Waals surface area (Å²) in [5.41, 5.74) is 6.08. The van der Waals surface area contributed by atoms with E-state index in [4.69, 9.17) is 12.5 Å². The maximum absolute atomic E-state index is 9.70. The standard InChI is InChI=1S/C26H33IO4.C4H10/c1-17(2)29-25-10-9-20(11-18(3)12-21-8-6-5-7-19(21)4)13-24(25)26-15-22(31-27)14-23(16-28)30-26;1-3-4-2/h5-10,12-13,17,22-23,26,28H,11,14-16H2,1-4H3;3-4H2,1-2H3/b18-12+;. The molecule has 1 aliphatic rings. The Morgan fingerprint density at radius 3 is 2.46 bits per heavy atom. The van der Waals surface area contributed by atoms with E-state index in [1.807, 2.05) is 36.9 Å². The van der Waals surface area contributed by atoms with Crippen LogP contribution in [0.15, 0.2) is 48.0 Å². The SMILES string of the molecule is C/C(=C\c1ccccc1C)Cc1ccc(OC(C)C)c(C2CC(OI)CC(CO)O2)c1.CCCC. The second kappa shape index (κ2) is 15.6. The molecule has 0 amide bonds. The molecular formula is C30H43IO4. The summed E-state index contributed by atoms with van der Waals surface area (Å²) in [6.07, 6.45) is 6.93. The first-order valence-electron chi connectivity index (χ1n) is 12.9. The fourth-order valence-electron chi connectivity index (χ4n) is 4.07. The van der Waals surface area contributed by atoms with E-state index in [0.717, 1.165) is 24.2 Å². The molecule has 0 aliphatic carbocycles. The fourth-order valence-corrected chi connectivity index (χ4v) is 4.49. The van der Waals surface area contributed by atoms with Crippen molar-refractivity contribution in [1.82, 2.24) is 0 Å². The Kier molecular flexibility index (Phi) is 13.3. The van der Waals surface area contributed by atoms with Gasteiger partial charge in [-0.25, -0.2) is 0 Å². The van der Waals surface area contributed by atoms with Gasteiger partial charge in [0.1, 0.15) is 28.8 Å². The predicted molar refractivity (Wildman–Crippen MR) is 154 cm³/mol. The van der Waals surface area contributed by atoms with Gasteiger partial charge in [0.2, 0.25) is 0 Å². The van der Waals surface area contributed by atoms with Crippen LogP contribution in [0.2, 0.25) is 0 Å². The summed E-state index contributed by atoms with van der Waals surface area (Å²) < 4.78 is 17.9. The van der Waals surface area contributed by atoms with Gasteiger partial charge in [0.15, 0.2) is 0 Å². The molecule has 0 saturated carbocycles. The highest BCUT2D eigenvalue weighted by atomic mass is 127. The van der Waals surface area contributed by atoms with E-state index in [2.05, 4.69) is 76.2 Å². The zero-order valence-electron chi connectivity index (χ0n) is 22.2. The van der Waals surface area contributed by atoms with Gasteiger partial charge < -0.3 is 17.6 Å². The minimum atomic E-state index is -0.225. The van der Waals surface area contributed by atoms with E-state index >= 15 is 0 Å². The number of benzene rings is 2. The van der Waals surface area contributed by atoms with Crippen LogP contribution in [-0.2, 0) is 14.2 Å². The molecule has 0 aromatic heterocycles. The van der Waals surface area contributed by atoms with E-state index in [-0.39, 0.29) is 31.0 Å². The lowest BCUT2D eigenvalue weighted by atomic mass is 9.93. The van der Waals surface area contributed by atoms with Crippen LogP contribution in [-0.4, -0.2) is 30.0 Å². The molecule has 1 saturated heterocycles. The quantitative estimate of drug-likeness (QED) is 0.298. The van der Waals surface area contributed by atoms with Gasteiger partial charge in [-0.2, -0.15) is 0 Å². The van der Waals surface area contributed by atoms with Gasteiger partial charge in [0, 0.05) is 18.4 Å². The van der Waals surface area contributed by atoms with Crippen molar-refractivity contribution in [3.8, 4) is 5.75 Å². The third-order valence-corrected chi connectivity index (χ3v) is 6.77. The molecule has 194 valence electrons. The molecule has 0 bridgehead atoms.